The molecule has 4 rings (SSSR count). The number of rotatable bonds is 5. The van der Waals surface area contributed by atoms with Gasteiger partial charge in [0.2, 0.25) is 11.7 Å². The van der Waals surface area contributed by atoms with Crippen LogP contribution in [0.5, 0.6) is 0 Å². The highest BCUT2D eigenvalue weighted by Crippen LogP contribution is 2.37. The number of imidazole rings is 1. The Morgan fingerprint density at radius 1 is 1.15 bits per heavy atom. The smallest absolute Gasteiger partial charge is 0.335 e. The summed E-state index contributed by atoms with van der Waals surface area (Å²) in [6.45, 7) is -0.133. The van der Waals surface area contributed by atoms with Crippen molar-refractivity contribution in [2.75, 3.05) is 6.54 Å². The quantitative estimate of drug-likeness (QED) is 0.412. The minimum atomic E-state index is -4.64. The summed E-state index contributed by atoms with van der Waals surface area (Å²) in [5.41, 5.74) is 6.07. The molecule has 0 saturated heterocycles. The molecule has 0 fully saturated rings. The van der Waals surface area contributed by atoms with Gasteiger partial charge in [0.05, 0.1) is 17.1 Å². The van der Waals surface area contributed by atoms with Gasteiger partial charge < -0.3 is 15.2 Å². The first-order chi connectivity index (χ1) is 15.6. The molecule has 176 valence electrons. The minimum Gasteiger partial charge on any atom is -0.335 e. The van der Waals surface area contributed by atoms with E-state index < -0.39 is 41.4 Å². The number of amides is 1. The minimum absolute atomic E-state index is 0.0317. The maximum atomic E-state index is 13.9. The number of nitrogens with two attached hydrogens (primary N) is 1. The molecule has 0 saturated carbocycles. The first-order valence-electron chi connectivity index (χ1n) is 9.94. The van der Waals surface area contributed by atoms with E-state index in [1.54, 1.807) is 17.5 Å². The largest absolute Gasteiger partial charge is 0.449 e. The molecular weight excluding hydrogens is 470 g/mol. The Morgan fingerprint density at radius 3 is 2.55 bits per heavy atom. The van der Waals surface area contributed by atoms with E-state index in [0.717, 1.165) is 4.57 Å². The molecule has 0 bridgehead atoms. The van der Waals surface area contributed by atoms with Crippen LogP contribution in [0.15, 0.2) is 29.6 Å². The fraction of sp³-hybridized carbons (Fsp3) is 0.333. The first-order valence-corrected chi connectivity index (χ1v) is 10.8. The topological polar surface area (TPSA) is 64.2 Å². The number of benzene rings is 1. The molecule has 33 heavy (non-hydrogen) atoms. The molecule has 0 unspecified atom stereocenters. The van der Waals surface area contributed by atoms with Crippen LogP contribution < -0.4 is 5.73 Å². The SMILES string of the molecule is N[C@H](CCC(=O)N1CCn2c(C(F)(F)F)nc(-c3cccs3)c2C1)c1cc(F)c(F)cc1F. The van der Waals surface area contributed by atoms with Gasteiger partial charge in [-0.25, -0.2) is 18.2 Å². The van der Waals surface area contributed by atoms with E-state index >= 15 is 0 Å². The maximum Gasteiger partial charge on any atom is 0.449 e. The van der Waals surface area contributed by atoms with Crippen LogP contribution in [0.3, 0.4) is 0 Å². The molecule has 3 heterocycles. The van der Waals surface area contributed by atoms with Gasteiger partial charge >= 0.3 is 6.18 Å². The van der Waals surface area contributed by atoms with E-state index in [1.165, 1.54) is 16.2 Å². The molecule has 12 heteroatoms. The molecule has 1 aliphatic heterocycles. The summed E-state index contributed by atoms with van der Waals surface area (Å²) in [4.78, 5) is 18.5. The Bertz CT molecular complexity index is 1170. The first kappa shape index (κ1) is 23.3. The highest BCUT2D eigenvalue weighted by Gasteiger charge is 2.40. The summed E-state index contributed by atoms with van der Waals surface area (Å²) in [6, 6.07) is 3.35. The van der Waals surface area contributed by atoms with E-state index in [0.29, 0.717) is 17.0 Å². The van der Waals surface area contributed by atoms with Crippen LogP contribution in [0, 0.1) is 17.5 Å². The summed E-state index contributed by atoms with van der Waals surface area (Å²) in [5.74, 6) is -5.02. The van der Waals surface area contributed by atoms with Gasteiger partial charge in [-0.3, -0.25) is 4.79 Å². The third kappa shape index (κ3) is 4.62. The molecule has 0 radical (unpaired) electrons. The Labute approximate surface area is 188 Å². The lowest BCUT2D eigenvalue weighted by atomic mass is 10.0. The predicted octanol–water partition coefficient (Wildman–Crippen LogP) is 4.87. The highest BCUT2D eigenvalue weighted by molar-refractivity contribution is 7.13. The van der Waals surface area contributed by atoms with Crippen molar-refractivity contribution in [3.8, 4) is 10.6 Å². The molecule has 2 aromatic heterocycles. The molecule has 1 aromatic carbocycles. The van der Waals surface area contributed by atoms with Crippen LogP contribution >= 0.6 is 11.3 Å². The van der Waals surface area contributed by atoms with Crippen molar-refractivity contribution in [3.05, 3.63) is 64.2 Å². The lowest BCUT2D eigenvalue weighted by molar-refractivity contribution is -0.148. The maximum absolute atomic E-state index is 13.9. The third-order valence-corrected chi connectivity index (χ3v) is 6.35. The van der Waals surface area contributed by atoms with E-state index in [-0.39, 0.29) is 49.4 Å². The van der Waals surface area contributed by atoms with Crippen molar-refractivity contribution < 1.29 is 31.1 Å². The normalized spacial score (nSPS) is 14.9. The molecule has 0 spiro atoms. The summed E-state index contributed by atoms with van der Waals surface area (Å²) in [5, 5.41) is 1.72. The van der Waals surface area contributed by atoms with Gasteiger partial charge in [0.25, 0.3) is 0 Å². The van der Waals surface area contributed by atoms with Crippen LogP contribution in [-0.4, -0.2) is 26.9 Å². The van der Waals surface area contributed by atoms with E-state index in [4.69, 9.17) is 5.73 Å². The second-order valence-corrected chi connectivity index (χ2v) is 8.55. The van der Waals surface area contributed by atoms with Gasteiger partial charge in [-0.15, -0.1) is 11.3 Å². The van der Waals surface area contributed by atoms with Crippen LogP contribution in [-0.2, 0) is 24.1 Å². The second-order valence-electron chi connectivity index (χ2n) is 7.61. The number of carbonyl (C=O) groups excluding carboxylic acids is 1. The van der Waals surface area contributed by atoms with Crippen LogP contribution in [0.25, 0.3) is 10.6 Å². The number of halogens is 6. The van der Waals surface area contributed by atoms with E-state index in [2.05, 4.69) is 4.98 Å². The van der Waals surface area contributed by atoms with Gasteiger partial charge in [-0.05, 0) is 23.9 Å². The molecule has 1 aliphatic rings. The lowest BCUT2D eigenvalue weighted by Gasteiger charge is -2.30. The zero-order valence-corrected chi connectivity index (χ0v) is 17.8. The number of aromatic nitrogens is 2. The highest BCUT2D eigenvalue weighted by atomic mass is 32.1. The summed E-state index contributed by atoms with van der Waals surface area (Å²) < 4.78 is 82.0. The standard InChI is InChI=1S/C21H18F6N4OS/c22-12-9-14(24)13(23)8-11(12)15(28)3-4-18(32)30-5-6-31-16(10-30)19(17-2-1-7-33-17)29-20(31)21(25,26)27/h1-2,7-9,15H,3-6,10,28H2/t15-/m1/s1. The predicted molar refractivity (Wildman–Crippen MR) is 108 cm³/mol. The molecular formula is C21H18F6N4OS. The van der Waals surface area contributed by atoms with E-state index in [9.17, 15) is 31.1 Å². The van der Waals surface area contributed by atoms with Gasteiger partial charge in [-0.2, -0.15) is 13.2 Å². The van der Waals surface area contributed by atoms with Crippen LogP contribution in [0.2, 0.25) is 0 Å². The average molecular weight is 488 g/mol. The van der Waals surface area contributed by atoms with Gasteiger partial charge in [0, 0.05) is 37.2 Å². The van der Waals surface area contributed by atoms with Crippen LogP contribution in [0.1, 0.15) is 36.0 Å². The Balaban J connectivity index is 1.50. The van der Waals surface area contributed by atoms with Crippen molar-refractivity contribution >= 4 is 17.2 Å². The number of hydrogen-bond donors (Lipinski definition) is 1. The van der Waals surface area contributed by atoms with Crippen molar-refractivity contribution in [3.63, 3.8) is 0 Å². The third-order valence-electron chi connectivity index (χ3n) is 5.48. The molecule has 1 amide bonds. The van der Waals surface area contributed by atoms with Crippen molar-refractivity contribution in [2.24, 2.45) is 5.73 Å². The van der Waals surface area contributed by atoms with Gasteiger partial charge in [0.15, 0.2) is 11.6 Å². The van der Waals surface area contributed by atoms with Crippen molar-refractivity contribution in [1.29, 1.82) is 0 Å². The van der Waals surface area contributed by atoms with Crippen LogP contribution in [0.4, 0.5) is 26.3 Å². The molecule has 2 N–H and O–H groups in total. The number of hydrogen-bond acceptors (Lipinski definition) is 4. The lowest BCUT2D eigenvalue weighted by Crippen LogP contribution is -2.39. The summed E-state index contributed by atoms with van der Waals surface area (Å²) in [7, 11) is 0. The molecule has 5 nitrogen and oxygen atoms in total. The second kappa shape index (κ2) is 8.82. The zero-order chi connectivity index (χ0) is 23.9. The molecule has 0 aliphatic carbocycles. The Morgan fingerprint density at radius 2 is 1.88 bits per heavy atom. The summed E-state index contributed by atoms with van der Waals surface area (Å²) in [6.07, 6.45) is -4.84. The fourth-order valence-electron chi connectivity index (χ4n) is 3.82. The average Bonchev–Trinajstić information content (AvgIpc) is 3.41. The fourth-order valence-corrected chi connectivity index (χ4v) is 4.56. The Hall–Kier alpha value is -2.86. The van der Waals surface area contributed by atoms with E-state index in [1.807, 2.05) is 0 Å². The number of carbonyl (C=O) groups is 1. The molecule has 3 aromatic rings. The monoisotopic (exact) mass is 488 g/mol. The number of thiophene rings is 1. The number of nitrogens with zero attached hydrogens (tertiary/aromatic N) is 3. The van der Waals surface area contributed by atoms with Gasteiger partial charge in [0.1, 0.15) is 11.5 Å². The molecule has 1 atom stereocenters. The van der Waals surface area contributed by atoms with Crippen molar-refractivity contribution in [2.45, 2.75) is 38.1 Å². The number of fused-ring (bicyclic) bond motifs is 1. The van der Waals surface area contributed by atoms with Gasteiger partial charge in [-0.1, -0.05) is 6.07 Å². The summed E-state index contributed by atoms with van der Waals surface area (Å²) >= 11 is 1.24. The number of alkyl halides is 3. The Kier molecular flexibility index (Phi) is 6.23. The zero-order valence-electron chi connectivity index (χ0n) is 17.0. The van der Waals surface area contributed by atoms with Crippen molar-refractivity contribution in [1.82, 2.24) is 14.5 Å².